The second-order valence-corrected chi connectivity index (χ2v) is 9.49. The number of aliphatic hydroxyl groups is 1. The molecule has 2 saturated carbocycles. The maximum atomic E-state index is 11.7. The molecule has 0 spiro atoms. The number of benzene rings is 1. The van der Waals surface area contributed by atoms with Gasteiger partial charge in [-0.05, 0) is 85.8 Å². The summed E-state index contributed by atoms with van der Waals surface area (Å²) in [5, 5.41) is 9.55. The van der Waals surface area contributed by atoms with E-state index in [0.717, 1.165) is 23.3 Å². The summed E-state index contributed by atoms with van der Waals surface area (Å²) in [6.07, 6.45) is 11.6. The molecule has 2 aliphatic carbocycles. The van der Waals surface area contributed by atoms with Crippen LogP contribution in [0.15, 0.2) is 30.4 Å². The van der Waals surface area contributed by atoms with Gasteiger partial charge in [0.15, 0.2) is 0 Å². The number of hydrogen-bond acceptors (Lipinski definition) is 3. The van der Waals surface area contributed by atoms with E-state index in [0.29, 0.717) is 24.5 Å². The zero-order valence-corrected chi connectivity index (χ0v) is 18.3. The van der Waals surface area contributed by atoms with Crippen molar-refractivity contribution >= 4 is 5.97 Å². The van der Waals surface area contributed by atoms with Crippen LogP contribution in [0, 0.1) is 17.8 Å². The van der Waals surface area contributed by atoms with Gasteiger partial charge in [0.1, 0.15) is 0 Å². The zero-order valence-electron chi connectivity index (χ0n) is 18.3. The lowest BCUT2D eigenvalue weighted by atomic mass is 9.68. The standard InChI is InChI=1S/C26H38O3/c1-18(2)26(28)29-15-14-24-16-20(17-27)6-13-25(24)23-11-9-22(10-12-23)21-7-4-19(3)5-8-21/h6,13,16,19,21-23,27H,1,4-5,7-12,14-15,17H2,2-3H3. The summed E-state index contributed by atoms with van der Waals surface area (Å²) in [4.78, 5) is 11.7. The molecule has 0 aromatic heterocycles. The summed E-state index contributed by atoms with van der Waals surface area (Å²) < 4.78 is 5.33. The SMILES string of the molecule is C=C(C)C(=O)OCCc1cc(CO)ccc1C1CCC(C2CCC(C)CC2)CC1. The first-order chi connectivity index (χ1) is 14.0. The van der Waals surface area contributed by atoms with E-state index >= 15 is 0 Å². The molecule has 0 bridgehead atoms. The van der Waals surface area contributed by atoms with E-state index in [9.17, 15) is 9.90 Å². The Balaban J connectivity index is 1.61. The first kappa shape index (κ1) is 22.1. The van der Waals surface area contributed by atoms with Gasteiger partial charge in [-0.1, -0.05) is 44.5 Å². The van der Waals surface area contributed by atoms with Gasteiger partial charge in [0.25, 0.3) is 0 Å². The number of carbonyl (C=O) groups excluding carboxylic acids is 1. The van der Waals surface area contributed by atoms with E-state index in [1.807, 2.05) is 6.07 Å². The van der Waals surface area contributed by atoms with Crippen molar-refractivity contribution in [2.24, 2.45) is 17.8 Å². The van der Waals surface area contributed by atoms with Gasteiger partial charge in [-0.2, -0.15) is 0 Å². The normalized spacial score (nSPS) is 27.4. The third-order valence-corrected chi connectivity index (χ3v) is 7.28. The van der Waals surface area contributed by atoms with Crippen LogP contribution < -0.4 is 0 Å². The largest absolute Gasteiger partial charge is 0.462 e. The van der Waals surface area contributed by atoms with Gasteiger partial charge >= 0.3 is 5.97 Å². The van der Waals surface area contributed by atoms with Gasteiger partial charge < -0.3 is 9.84 Å². The van der Waals surface area contributed by atoms with Gasteiger partial charge in [0, 0.05) is 12.0 Å². The summed E-state index contributed by atoms with van der Waals surface area (Å²) in [6, 6.07) is 6.35. The lowest BCUT2D eigenvalue weighted by Crippen LogP contribution is -2.25. The molecule has 1 aromatic rings. The highest BCUT2D eigenvalue weighted by atomic mass is 16.5. The number of carbonyl (C=O) groups is 1. The third-order valence-electron chi connectivity index (χ3n) is 7.28. The molecule has 1 aromatic carbocycles. The van der Waals surface area contributed by atoms with Crippen LogP contribution in [-0.2, 0) is 22.6 Å². The third kappa shape index (κ3) is 5.94. The van der Waals surface area contributed by atoms with E-state index in [1.54, 1.807) is 6.92 Å². The molecule has 3 heteroatoms. The predicted molar refractivity (Wildman–Crippen MR) is 118 cm³/mol. The van der Waals surface area contributed by atoms with Gasteiger partial charge in [-0.15, -0.1) is 0 Å². The Labute approximate surface area is 176 Å². The van der Waals surface area contributed by atoms with Crippen LogP contribution in [0.3, 0.4) is 0 Å². The summed E-state index contributed by atoms with van der Waals surface area (Å²) in [6.45, 7) is 8.13. The molecule has 160 valence electrons. The Hall–Kier alpha value is -1.61. The molecule has 0 unspecified atom stereocenters. The smallest absolute Gasteiger partial charge is 0.333 e. The fourth-order valence-electron chi connectivity index (χ4n) is 5.41. The highest BCUT2D eigenvalue weighted by molar-refractivity contribution is 5.86. The molecule has 0 heterocycles. The predicted octanol–water partition coefficient (Wildman–Crippen LogP) is 5.94. The minimum absolute atomic E-state index is 0.0473. The fourth-order valence-corrected chi connectivity index (χ4v) is 5.41. The Kier molecular flexibility index (Phi) is 7.94. The van der Waals surface area contributed by atoms with Crippen molar-refractivity contribution in [2.75, 3.05) is 6.61 Å². The fraction of sp³-hybridized carbons (Fsp3) is 0.654. The Morgan fingerprint density at radius 1 is 1.07 bits per heavy atom. The lowest BCUT2D eigenvalue weighted by molar-refractivity contribution is -0.138. The monoisotopic (exact) mass is 398 g/mol. The maximum Gasteiger partial charge on any atom is 0.333 e. The van der Waals surface area contributed by atoms with Crippen molar-refractivity contribution in [1.29, 1.82) is 0 Å². The number of rotatable bonds is 7. The molecule has 2 aliphatic rings. The van der Waals surface area contributed by atoms with Gasteiger partial charge in [-0.25, -0.2) is 4.79 Å². The minimum Gasteiger partial charge on any atom is -0.462 e. The molecular formula is C26H38O3. The summed E-state index contributed by atoms with van der Waals surface area (Å²) in [5.41, 5.74) is 3.98. The molecule has 0 amide bonds. The number of esters is 1. The quantitative estimate of drug-likeness (QED) is 0.457. The Bertz CT molecular complexity index is 692. The van der Waals surface area contributed by atoms with Crippen LogP contribution in [-0.4, -0.2) is 17.7 Å². The van der Waals surface area contributed by atoms with Crippen LogP contribution in [0.2, 0.25) is 0 Å². The molecule has 29 heavy (non-hydrogen) atoms. The van der Waals surface area contributed by atoms with Crippen LogP contribution in [0.25, 0.3) is 0 Å². The van der Waals surface area contributed by atoms with E-state index in [2.05, 4.69) is 25.6 Å². The number of ether oxygens (including phenoxy) is 1. The van der Waals surface area contributed by atoms with Crippen LogP contribution in [0.5, 0.6) is 0 Å². The first-order valence-corrected chi connectivity index (χ1v) is 11.5. The van der Waals surface area contributed by atoms with E-state index in [1.165, 1.54) is 62.5 Å². The van der Waals surface area contributed by atoms with Gasteiger partial charge in [0.2, 0.25) is 0 Å². The van der Waals surface area contributed by atoms with Crippen molar-refractivity contribution in [1.82, 2.24) is 0 Å². The molecule has 0 atom stereocenters. The van der Waals surface area contributed by atoms with E-state index < -0.39 is 0 Å². The molecule has 0 aliphatic heterocycles. The topological polar surface area (TPSA) is 46.5 Å². The van der Waals surface area contributed by atoms with Crippen LogP contribution >= 0.6 is 0 Å². The van der Waals surface area contributed by atoms with Gasteiger partial charge in [-0.3, -0.25) is 0 Å². The lowest BCUT2D eigenvalue weighted by Gasteiger charge is -2.37. The number of hydrogen-bond donors (Lipinski definition) is 1. The van der Waals surface area contributed by atoms with Crippen molar-refractivity contribution in [3.05, 3.63) is 47.0 Å². The van der Waals surface area contributed by atoms with Gasteiger partial charge in [0.05, 0.1) is 13.2 Å². The summed E-state index contributed by atoms with van der Waals surface area (Å²) in [5.74, 6) is 3.05. The molecule has 3 rings (SSSR count). The average Bonchev–Trinajstić information content (AvgIpc) is 2.74. The van der Waals surface area contributed by atoms with E-state index in [-0.39, 0.29) is 12.6 Å². The Morgan fingerprint density at radius 3 is 2.28 bits per heavy atom. The summed E-state index contributed by atoms with van der Waals surface area (Å²) in [7, 11) is 0. The number of aliphatic hydroxyl groups excluding tert-OH is 1. The Morgan fingerprint density at radius 2 is 1.69 bits per heavy atom. The van der Waals surface area contributed by atoms with Crippen LogP contribution in [0.4, 0.5) is 0 Å². The average molecular weight is 399 g/mol. The van der Waals surface area contributed by atoms with Crippen molar-refractivity contribution < 1.29 is 14.6 Å². The molecule has 0 saturated heterocycles. The first-order valence-electron chi connectivity index (χ1n) is 11.5. The van der Waals surface area contributed by atoms with Crippen molar-refractivity contribution in [3.63, 3.8) is 0 Å². The van der Waals surface area contributed by atoms with Crippen molar-refractivity contribution in [3.8, 4) is 0 Å². The van der Waals surface area contributed by atoms with E-state index in [4.69, 9.17) is 4.74 Å². The zero-order chi connectivity index (χ0) is 20.8. The minimum atomic E-state index is -0.327. The highest BCUT2D eigenvalue weighted by Gasteiger charge is 2.31. The maximum absolute atomic E-state index is 11.7. The molecule has 1 N–H and O–H groups in total. The highest BCUT2D eigenvalue weighted by Crippen LogP contribution is 2.44. The second kappa shape index (κ2) is 10.4. The molecule has 3 nitrogen and oxygen atoms in total. The summed E-state index contributed by atoms with van der Waals surface area (Å²) >= 11 is 0. The molecule has 2 fully saturated rings. The van der Waals surface area contributed by atoms with Crippen molar-refractivity contribution in [2.45, 2.75) is 84.2 Å². The van der Waals surface area contributed by atoms with Crippen LogP contribution in [0.1, 0.15) is 87.8 Å². The molecule has 0 radical (unpaired) electrons. The molecular weight excluding hydrogens is 360 g/mol. The second-order valence-electron chi connectivity index (χ2n) is 9.49.